The van der Waals surface area contributed by atoms with Crippen LogP contribution in [-0.2, 0) is 67.4 Å². The number of rotatable bonds is 14. The molecule has 0 aromatic rings. The largest absolute Gasteiger partial charge is 0.463 e. The fourth-order valence-electron chi connectivity index (χ4n) is 3.31. The van der Waals surface area contributed by atoms with Crippen molar-refractivity contribution >= 4 is 44.2 Å². The minimum absolute atomic E-state index is 0.134. The second kappa shape index (κ2) is 14.5. The van der Waals surface area contributed by atoms with Gasteiger partial charge >= 0.3 is 34.2 Å². The topological polar surface area (TPSA) is 230 Å². The maximum absolute atomic E-state index is 13.1. The van der Waals surface area contributed by atoms with Gasteiger partial charge in [-0.15, -0.1) is 0 Å². The van der Waals surface area contributed by atoms with Crippen molar-refractivity contribution in [2.75, 3.05) is 19.8 Å². The van der Waals surface area contributed by atoms with Gasteiger partial charge in [0, 0.05) is 34.2 Å². The maximum atomic E-state index is 13.1. The highest BCUT2D eigenvalue weighted by molar-refractivity contribution is 7.90. The van der Waals surface area contributed by atoms with Crippen molar-refractivity contribution in [3.63, 3.8) is 0 Å². The van der Waals surface area contributed by atoms with E-state index in [1.54, 1.807) is 0 Å². The molecular weight excluding hydrogens is 544 g/mol. The Bertz CT molecular complexity index is 1030. The Morgan fingerprint density at radius 3 is 1.84 bits per heavy atom. The van der Waals surface area contributed by atoms with Crippen LogP contribution in [0.15, 0.2) is 0 Å². The summed E-state index contributed by atoms with van der Waals surface area (Å²) in [5.74, 6) is -3.45. The van der Waals surface area contributed by atoms with Crippen molar-refractivity contribution in [1.82, 2.24) is 4.72 Å². The summed E-state index contributed by atoms with van der Waals surface area (Å²) in [4.78, 5) is 46.7. The molecule has 1 fully saturated rings. The lowest BCUT2D eigenvalue weighted by atomic mass is 9.99. The summed E-state index contributed by atoms with van der Waals surface area (Å²) in [5, 5.41) is 4.71. The van der Waals surface area contributed by atoms with Crippen LogP contribution in [0.25, 0.3) is 0 Å². The first kappa shape index (κ1) is 32.6. The van der Waals surface area contributed by atoms with Crippen LogP contribution in [0.2, 0.25) is 0 Å². The monoisotopic (exact) mass is 576 g/mol. The van der Waals surface area contributed by atoms with Crippen molar-refractivity contribution in [1.29, 1.82) is 0 Å². The number of nitrogens with two attached hydrogens (primary N) is 1. The average molecular weight is 577 g/mol. The SMILES string of the molecule is CC(=O)OC[C@H]1O[C@@H](S(=O)(=O)NCCCCCOS(N)(=O)=O)[C@H](OC(C)=O)[C@@H](OC(C)=O)[C@@H]1OC(C)=O. The zero-order chi connectivity index (χ0) is 28.4. The Hall–Kier alpha value is -2.38. The zero-order valence-corrected chi connectivity index (χ0v) is 22.4. The summed E-state index contributed by atoms with van der Waals surface area (Å²) < 4.78 is 80.4. The molecule has 37 heavy (non-hydrogen) atoms. The summed E-state index contributed by atoms with van der Waals surface area (Å²) in [6.45, 7) is 3.21. The van der Waals surface area contributed by atoms with E-state index in [0.717, 1.165) is 27.7 Å². The molecule has 16 nitrogen and oxygen atoms in total. The van der Waals surface area contributed by atoms with Gasteiger partial charge in [-0.25, -0.2) is 18.3 Å². The van der Waals surface area contributed by atoms with E-state index in [2.05, 4.69) is 8.91 Å². The maximum Gasteiger partial charge on any atom is 0.333 e. The molecule has 0 amide bonds. The normalized spacial score (nSPS) is 24.1. The van der Waals surface area contributed by atoms with Crippen LogP contribution in [0.3, 0.4) is 0 Å². The second-order valence-electron chi connectivity index (χ2n) is 7.88. The number of nitrogens with one attached hydrogen (secondary N) is 1. The van der Waals surface area contributed by atoms with Crippen LogP contribution in [-0.4, -0.2) is 90.3 Å². The highest BCUT2D eigenvalue weighted by atomic mass is 32.2. The molecule has 1 rings (SSSR count). The first-order valence-corrected chi connectivity index (χ1v) is 14.0. The minimum Gasteiger partial charge on any atom is -0.463 e. The molecule has 1 saturated heterocycles. The smallest absolute Gasteiger partial charge is 0.333 e. The van der Waals surface area contributed by atoms with Crippen LogP contribution < -0.4 is 9.86 Å². The number of hydrogen-bond acceptors (Lipinski definition) is 14. The number of carbonyl (C=O) groups is 4. The molecule has 0 aromatic carbocycles. The Morgan fingerprint density at radius 2 is 1.32 bits per heavy atom. The van der Waals surface area contributed by atoms with Gasteiger partial charge in [0.1, 0.15) is 12.7 Å². The molecule has 3 N–H and O–H groups in total. The Morgan fingerprint density at radius 1 is 0.784 bits per heavy atom. The lowest BCUT2D eigenvalue weighted by molar-refractivity contribution is -0.238. The summed E-state index contributed by atoms with van der Waals surface area (Å²) in [7, 11) is -8.54. The van der Waals surface area contributed by atoms with Gasteiger partial charge in [0.15, 0.2) is 18.3 Å². The van der Waals surface area contributed by atoms with Crippen LogP contribution in [0.4, 0.5) is 0 Å². The number of sulfonamides is 1. The predicted molar refractivity (Wildman–Crippen MR) is 122 cm³/mol. The molecule has 0 saturated carbocycles. The number of hydrogen-bond donors (Lipinski definition) is 2. The molecule has 0 aromatic heterocycles. The van der Waals surface area contributed by atoms with E-state index in [4.69, 9.17) is 28.8 Å². The van der Waals surface area contributed by atoms with E-state index >= 15 is 0 Å². The summed E-state index contributed by atoms with van der Waals surface area (Å²) in [6, 6.07) is 0. The molecule has 1 aliphatic rings. The molecule has 0 radical (unpaired) electrons. The van der Waals surface area contributed by atoms with Crippen molar-refractivity contribution < 1.29 is 63.9 Å². The second-order valence-corrected chi connectivity index (χ2v) is 10.9. The van der Waals surface area contributed by atoms with Crippen LogP contribution in [0.5, 0.6) is 0 Å². The van der Waals surface area contributed by atoms with E-state index in [1.807, 2.05) is 0 Å². The lowest BCUT2D eigenvalue weighted by Crippen LogP contribution is -2.65. The van der Waals surface area contributed by atoms with Crippen molar-refractivity contribution in [3.8, 4) is 0 Å². The Labute approximate surface area is 214 Å². The molecule has 1 heterocycles. The van der Waals surface area contributed by atoms with E-state index < -0.39 is 80.7 Å². The van der Waals surface area contributed by atoms with Crippen LogP contribution in [0.1, 0.15) is 47.0 Å². The van der Waals surface area contributed by atoms with E-state index in [1.165, 1.54) is 0 Å². The molecule has 5 atom stereocenters. The summed E-state index contributed by atoms with van der Waals surface area (Å²) >= 11 is 0. The predicted octanol–water partition coefficient (Wildman–Crippen LogP) is -1.62. The van der Waals surface area contributed by atoms with E-state index in [9.17, 15) is 36.0 Å². The van der Waals surface area contributed by atoms with Crippen molar-refractivity contribution in [2.45, 2.75) is 76.8 Å². The molecule has 0 bridgehead atoms. The van der Waals surface area contributed by atoms with Gasteiger partial charge in [-0.05, 0) is 19.3 Å². The molecule has 1 aliphatic heterocycles. The standard InChI is InChI=1S/C19H32N2O14S2/c1-11(22)30-10-15-16(32-12(2)23)17(33-13(3)24)18(34-14(4)25)19(35-15)36(26,27)21-8-6-5-7-9-31-37(20,28)29/h15-19,21H,5-10H2,1-4H3,(H2,20,28,29)/t15-,16-,17+,18-,19+/m1/s1. The minimum atomic E-state index is -4.46. The molecule has 214 valence electrons. The highest BCUT2D eigenvalue weighted by Gasteiger charge is 2.56. The van der Waals surface area contributed by atoms with Crippen LogP contribution in [0, 0.1) is 0 Å². The number of esters is 4. The van der Waals surface area contributed by atoms with Gasteiger partial charge in [0.2, 0.25) is 15.5 Å². The van der Waals surface area contributed by atoms with E-state index in [0.29, 0.717) is 6.42 Å². The molecule has 0 unspecified atom stereocenters. The number of ether oxygens (including phenoxy) is 5. The van der Waals surface area contributed by atoms with Gasteiger partial charge < -0.3 is 23.7 Å². The third-order valence-corrected chi connectivity index (χ3v) is 6.72. The highest BCUT2D eigenvalue weighted by Crippen LogP contribution is 2.31. The van der Waals surface area contributed by atoms with Gasteiger partial charge in [-0.1, -0.05) is 0 Å². The molecule has 0 aliphatic carbocycles. The number of carbonyl (C=O) groups excluding carboxylic acids is 4. The molecule has 0 spiro atoms. The number of unbranched alkanes of at least 4 members (excludes halogenated alkanes) is 2. The Kier molecular flexibility index (Phi) is 12.8. The van der Waals surface area contributed by atoms with Crippen LogP contribution >= 0.6 is 0 Å². The van der Waals surface area contributed by atoms with Gasteiger partial charge in [-0.3, -0.25) is 23.4 Å². The van der Waals surface area contributed by atoms with Gasteiger partial charge in [0.05, 0.1) is 6.61 Å². The van der Waals surface area contributed by atoms with Gasteiger partial charge in [-0.2, -0.15) is 8.42 Å². The molecular formula is C19H32N2O14S2. The summed E-state index contributed by atoms with van der Waals surface area (Å²) in [6.07, 6.45) is -5.43. The summed E-state index contributed by atoms with van der Waals surface area (Å²) in [5.41, 5.74) is -1.96. The third-order valence-electron chi connectivity index (χ3n) is 4.63. The average Bonchev–Trinajstić information content (AvgIpc) is 2.72. The van der Waals surface area contributed by atoms with Crippen molar-refractivity contribution in [3.05, 3.63) is 0 Å². The first-order chi connectivity index (χ1) is 17.0. The zero-order valence-electron chi connectivity index (χ0n) is 20.7. The fraction of sp³-hybridized carbons (Fsp3) is 0.789. The van der Waals surface area contributed by atoms with Crippen molar-refractivity contribution in [2.24, 2.45) is 5.14 Å². The van der Waals surface area contributed by atoms with Gasteiger partial charge in [0.25, 0.3) is 0 Å². The fourth-order valence-corrected chi connectivity index (χ4v) is 5.11. The molecule has 18 heteroatoms. The third kappa shape index (κ3) is 12.1. The Balaban J connectivity index is 3.15. The lowest BCUT2D eigenvalue weighted by Gasteiger charge is -2.43. The quantitative estimate of drug-likeness (QED) is 0.134. The van der Waals surface area contributed by atoms with E-state index in [-0.39, 0.29) is 26.0 Å². The first-order valence-electron chi connectivity index (χ1n) is 11.0.